The molecule has 38 heavy (non-hydrogen) atoms. The number of fused-ring (bicyclic) bond motifs is 1. The highest BCUT2D eigenvalue weighted by Gasteiger charge is 2.41. The van der Waals surface area contributed by atoms with Crippen LogP contribution in [0.5, 0.6) is 5.75 Å². The molecule has 5 rings (SSSR count). The van der Waals surface area contributed by atoms with Crippen molar-refractivity contribution in [2.75, 3.05) is 17.5 Å². The Balaban J connectivity index is 1.57. The number of ether oxygens (including phenoxy) is 1. The minimum Gasteiger partial charge on any atom is -0.492 e. The minimum atomic E-state index is -4.26. The van der Waals surface area contributed by atoms with Gasteiger partial charge in [-0.2, -0.15) is 0 Å². The van der Waals surface area contributed by atoms with Crippen molar-refractivity contribution in [3.05, 3.63) is 136 Å². The van der Waals surface area contributed by atoms with E-state index in [0.717, 1.165) is 5.56 Å². The Bertz CT molecular complexity index is 1570. The summed E-state index contributed by atoms with van der Waals surface area (Å²) in [4.78, 5) is 13.3. The van der Waals surface area contributed by atoms with Crippen LogP contribution in [0.1, 0.15) is 16.7 Å². The number of benzene rings is 4. The van der Waals surface area contributed by atoms with E-state index in [1.807, 2.05) is 66.7 Å². The van der Waals surface area contributed by atoms with E-state index in [0.29, 0.717) is 33.2 Å². The zero-order valence-corrected chi connectivity index (χ0v) is 22.0. The number of para-hydroxylation sites is 1. The Morgan fingerprint density at radius 2 is 1.47 bits per heavy atom. The lowest BCUT2D eigenvalue weighted by Gasteiger charge is -2.33. The molecule has 0 atom stereocenters. The highest BCUT2D eigenvalue weighted by Crippen LogP contribution is 2.44. The smallest absolute Gasteiger partial charge is 0.270 e. The molecule has 192 valence electrons. The third kappa shape index (κ3) is 5.30. The summed E-state index contributed by atoms with van der Waals surface area (Å²) in [5.41, 5.74) is 2.73. The molecule has 1 amide bonds. The second-order valence-electron chi connectivity index (χ2n) is 8.65. The topological polar surface area (TPSA) is 75.7 Å². The van der Waals surface area contributed by atoms with Gasteiger partial charge in [-0.15, -0.1) is 0 Å². The summed E-state index contributed by atoms with van der Waals surface area (Å²) in [6, 6.07) is 32.5. The largest absolute Gasteiger partial charge is 0.492 e. The number of anilines is 1. The predicted octanol–water partition coefficient (Wildman–Crippen LogP) is 5.64. The molecule has 6 nitrogen and oxygen atoms in total. The minimum absolute atomic E-state index is 0.0633. The normalized spacial score (nSPS) is 14.1. The van der Waals surface area contributed by atoms with Gasteiger partial charge in [0.05, 0.1) is 18.8 Å². The predicted molar refractivity (Wildman–Crippen MR) is 150 cm³/mol. The average molecular weight is 545 g/mol. The number of sulfonamides is 1. The zero-order chi connectivity index (χ0) is 26.5. The lowest BCUT2D eigenvalue weighted by molar-refractivity contribution is -0.116. The van der Waals surface area contributed by atoms with Gasteiger partial charge in [0.2, 0.25) is 0 Å². The van der Waals surface area contributed by atoms with Crippen LogP contribution in [0.2, 0.25) is 5.02 Å². The summed E-state index contributed by atoms with van der Waals surface area (Å²) in [5.74, 6) is -0.0435. The fourth-order valence-corrected chi connectivity index (χ4v) is 6.31. The van der Waals surface area contributed by atoms with Gasteiger partial charge in [-0.05, 0) is 41.5 Å². The summed E-state index contributed by atoms with van der Waals surface area (Å²) >= 11 is 6.39. The average Bonchev–Trinajstić information content (AvgIpc) is 2.94. The van der Waals surface area contributed by atoms with Crippen molar-refractivity contribution in [3.63, 3.8) is 0 Å². The number of rotatable bonds is 8. The van der Waals surface area contributed by atoms with Gasteiger partial charge >= 0.3 is 0 Å². The molecule has 0 unspecified atom stereocenters. The van der Waals surface area contributed by atoms with Crippen LogP contribution in [0, 0.1) is 0 Å². The molecule has 1 aliphatic heterocycles. The SMILES string of the molecule is O=C(NCCOc1ccccc1)C1=C(c2ccccc2)c2cc(Cl)ccc2N(Cc2ccccc2)S1(=O)=O. The number of carbonyl (C=O) groups is 1. The Morgan fingerprint density at radius 3 is 2.16 bits per heavy atom. The summed E-state index contributed by atoms with van der Waals surface area (Å²) < 4.78 is 35.3. The highest BCUT2D eigenvalue weighted by atomic mass is 35.5. The number of nitrogens with zero attached hydrogens (tertiary/aromatic N) is 1. The van der Waals surface area contributed by atoms with Crippen LogP contribution in [0.25, 0.3) is 5.57 Å². The van der Waals surface area contributed by atoms with Crippen LogP contribution in [0.3, 0.4) is 0 Å². The van der Waals surface area contributed by atoms with E-state index in [2.05, 4.69) is 5.32 Å². The van der Waals surface area contributed by atoms with Crippen molar-refractivity contribution in [1.29, 1.82) is 0 Å². The number of carbonyl (C=O) groups excluding carboxylic acids is 1. The van der Waals surface area contributed by atoms with E-state index in [9.17, 15) is 13.2 Å². The van der Waals surface area contributed by atoms with Crippen LogP contribution in [-0.2, 0) is 21.4 Å². The monoisotopic (exact) mass is 544 g/mol. The van der Waals surface area contributed by atoms with Crippen LogP contribution < -0.4 is 14.4 Å². The molecule has 4 aromatic rings. The molecular formula is C30H25ClN2O4S. The Hall–Kier alpha value is -4.07. The van der Waals surface area contributed by atoms with Crippen molar-refractivity contribution < 1.29 is 17.9 Å². The molecule has 0 radical (unpaired) electrons. The van der Waals surface area contributed by atoms with Crippen molar-refractivity contribution >= 4 is 38.8 Å². The van der Waals surface area contributed by atoms with Crippen LogP contribution in [0.15, 0.2) is 114 Å². The summed E-state index contributed by atoms with van der Waals surface area (Å²) in [7, 11) is -4.26. The van der Waals surface area contributed by atoms with Crippen LogP contribution >= 0.6 is 11.6 Å². The number of hydrogen-bond acceptors (Lipinski definition) is 4. The van der Waals surface area contributed by atoms with E-state index in [-0.39, 0.29) is 24.6 Å². The van der Waals surface area contributed by atoms with Crippen molar-refractivity contribution in [1.82, 2.24) is 5.32 Å². The molecule has 0 saturated carbocycles. The third-order valence-corrected chi connectivity index (χ3v) is 8.16. The van der Waals surface area contributed by atoms with Gasteiger partial charge in [0.15, 0.2) is 4.91 Å². The number of hydrogen-bond donors (Lipinski definition) is 1. The summed E-state index contributed by atoms with van der Waals surface area (Å²) in [6.07, 6.45) is 0. The van der Waals surface area contributed by atoms with Crippen molar-refractivity contribution in [2.45, 2.75) is 6.54 Å². The van der Waals surface area contributed by atoms with E-state index in [1.54, 1.807) is 42.5 Å². The van der Waals surface area contributed by atoms with E-state index < -0.39 is 15.9 Å². The van der Waals surface area contributed by atoms with Gasteiger partial charge in [-0.1, -0.05) is 90.5 Å². The first-order valence-electron chi connectivity index (χ1n) is 12.1. The van der Waals surface area contributed by atoms with Gasteiger partial charge in [-0.3, -0.25) is 9.10 Å². The first-order chi connectivity index (χ1) is 18.4. The van der Waals surface area contributed by atoms with Gasteiger partial charge in [0.25, 0.3) is 15.9 Å². The molecule has 1 aliphatic rings. The second-order valence-corrected chi connectivity index (χ2v) is 10.9. The highest BCUT2D eigenvalue weighted by molar-refractivity contribution is 7.97. The lowest BCUT2D eigenvalue weighted by atomic mass is 9.95. The van der Waals surface area contributed by atoms with Gasteiger partial charge in [0, 0.05) is 16.2 Å². The Labute approximate surface area is 227 Å². The number of nitrogens with one attached hydrogen (secondary N) is 1. The fourth-order valence-electron chi connectivity index (χ4n) is 4.39. The molecular weight excluding hydrogens is 520 g/mol. The first-order valence-corrected chi connectivity index (χ1v) is 13.9. The van der Waals surface area contributed by atoms with Gasteiger partial charge in [-0.25, -0.2) is 8.42 Å². The molecule has 0 saturated heterocycles. The molecule has 1 N–H and O–H groups in total. The van der Waals surface area contributed by atoms with E-state index in [4.69, 9.17) is 16.3 Å². The Kier molecular flexibility index (Phi) is 7.49. The molecule has 0 fully saturated rings. The van der Waals surface area contributed by atoms with Crippen molar-refractivity contribution in [2.24, 2.45) is 0 Å². The fraction of sp³-hybridized carbons (Fsp3) is 0.100. The third-order valence-electron chi connectivity index (χ3n) is 6.11. The Morgan fingerprint density at radius 1 is 0.842 bits per heavy atom. The molecule has 0 bridgehead atoms. The van der Waals surface area contributed by atoms with E-state index >= 15 is 0 Å². The summed E-state index contributed by atoms with van der Waals surface area (Å²) in [5, 5.41) is 3.18. The van der Waals surface area contributed by atoms with Crippen LogP contribution in [0.4, 0.5) is 5.69 Å². The van der Waals surface area contributed by atoms with Crippen molar-refractivity contribution in [3.8, 4) is 5.75 Å². The maximum atomic E-state index is 14.2. The quantitative estimate of drug-likeness (QED) is 0.291. The maximum absolute atomic E-state index is 14.2. The van der Waals surface area contributed by atoms with E-state index in [1.165, 1.54) is 4.31 Å². The first kappa shape index (κ1) is 25.6. The molecule has 0 aliphatic carbocycles. The molecule has 0 aromatic heterocycles. The molecule has 0 spiro atoms. The molecule has 4 aromatic carbocycles. The van der Waals surface area contributed by atoms with Crippen LogP contribution in [-0.4, -0.2) is 27.5 Å². The maximum Gasteiger partial charge on any atom is 0.270 e. The second kappa shape index (κ2) is 11.1. The van der Waals surface area contributed by atoms with Gasteiger partial charge < -0.3 is 10.1 Å². The number of halogens is 1. The molecule has 1 heterocycles. The lowest BCUT2D eigenvalue weighted by Crippen LogP contribution is -2.42. The molecule has 8 heteroatoms. The standard InChI is InChI=1S/C30H25ClN2O4S/c31-24-16-17-27-26(20-24)28(23-12-6-2-7-13-23)29(30(34)32-18-19-37-25-14-8-3-9-15-25)38(35,36)33(27)21-22-10-4-1-5-11-22/h1-17,20H,18-19,21H2,(H,32,34). The number of amides is 1. The zero-order valence-electron chi connectivity index (χ0n) is 20.4. The van der Waals surface area contributed by atoms with Gasteiger partial charge in [0.1, 0.15) is 12.4 Å². The summed E-state index contributed by atoms with van der Waals surface area (Å²) in [6.45, 7) is 0.365.